The van der Waals surface area contributed by atoms with Crippen LogP contribution in [0.5, 0.6) is 5.75 Å². The van der Waals surface area contributed by atoms with Crippen molar-refractivity contribution in [3.05, 3.63) is 65.2 Å². The number of aryl methyl sites for hydroxylation is 1. The Morgan fingerprint density at radius 1 is 1.11 bits per heavy atom. The molecule has 0 bridgehead atoms. The summed E-state index contributed by atoms with van der Waals surface area (Å²) < 4.78 is 5.65. The molecule has 0 spiro atoms. The smallest absolute Gasteiger partial charge is 0.254 e. The van der Waals surface area contributed by atoms with Crippen molar-refractivity contribution < 1.29 is 14.6 Å². The van der Waals surface area contributed by atoms with E-state index in [2.05, 4.69) is 0 Å². The molecule has 148 valence electrons. The van der Waals surface area contributed by atoms with E-state index in [1.54, 1.807) is 7.11 Å². The largest absolute Gasteiger partial charge is 0.496 e. The van der Waals surface area contributed by atoms with Crippen LogP contribution in [-0.2, 0) is 0 Å². The third kappa shape index (κ3) is 3.20. The van der Waals surface area contributed by atoms with Gasteiger partial charge < -0.3 is 14.7 Å². The molecule has 1 aliphatic carbocycles. The molecule has 1 saturated carbocycles. The van der Waals surface area contributed by atoms with E-state index in [-0.39, 0.29) is 17.9 Å². The van der Waals surface area contributed by atoms with Crippen LogP contribution >= 0.6 is 0 Å². The molecule has 2 aliphatic rings. The Bertz CT molecular complexity index is 864. The maximum atomic E-state index is 13.6. The van der Waals surface area contributed by atoms with E-state index in [0.717, 1.165) is 48.1 Å². The summed E-state index contributed by atoms with van der Waals surface area (Å²) in [6, 6.07) is 15.5. The van der Waals surface area contributed by atoms with E-state index in [9.17, 15) is 9.90 Å². The van der Waals surface area contributed by atoms with Gasteiger partial charge in [0.1, 0.15) is 5.75 Å². The number of rotatable bonds is 3. The fourth-order valence-corrected chi connectivity index (χ4v) is 5.17. The van der Waals surface area contributed by atoms with Crippen LogP contribution in [0.4, 0.5) is 0 Å². The number of likely N-dealkylation sites (tertiary alicyclic amines) is 1. The molecule has 28 heavy (non-hydrogen) atoms. The van der Waals surface area contributed by atoms with Gasteiger partial charge in [-0.05, 0) is 43.9 Å². The molecule has 3 unspecified atom stereocenters. The van der Waals surface area contributed by atoms with Gasteiger partial charge in [0.25, 0.3) is 5.91 Å². The van der Waals surface area contributed by atoms with Crippen molar-refractivity contribution in [3.8, 4) is 5.75 Å². The normalized spacial score (nSPS) is 27.2. The number of nitrogens with zero attached hydrogens (tertiary/aromatic N) is 1. The highest BCUT2D eigenvalue weighted by atomic mass is 16.5. The summed E-state index contributed by atoms with van der Waals surface area (Å²) in [6.45, 7) is 2.54. The van der Waals surface area contributed by atoms with Gasteiger partial charge in [0.2, 0.25) is 0 Å². The molecule has 0 radical (unpaired) electrons. The number of benzene rings is 2. The van der Waals surface area contributed by atoms with Gasteiger partial charge in [0.15, 0.2) is 0 Å². The molecule has 2 aromatic carbocycles. The Balaban J connectivity index is 1.80. The van der Waals surface area contributed by atoms with Crippen LogP contribution in [0.15, 0.2) is 48.5 Å². The van der Waals surface area contributed by atoms with Crippen LogP contribution in [0.25, 0.3) is 0 Å². The Morgan fingerprint density at radius 3 is 2.64 bits per heavy atom. The lowest BCUT2D eigenvalue weighted by Gasteiger charge is -2.52. The zero-order chi connectivity index (χ0) is 19.7. The summed E-state index contributed by atoms with van der Waals surface area (Å²) >= 11 is 0. The van der Waals surface area contributed by atoms with E-state index in [0.29, 0.717) is 13.0 Å². The van der Waals surface area contributed by atoms with Crippen LogP contribution in [0.1, 0.15) is 59.6 Å². The lowest BCUT2D eigenvalue weighted by atomic mass is 9.66. The number of aliphatic hydroxyl groups is 1. The van der Waals surface area contributed by atoms with Gasteiger partial charge in [-0.3, -0.25) is 4.79 Å². The van der Waals surface area contributed by atoms with Crippen molar-refractivity contribution in [3.63, 3.8) is 0 Å². The van der Waals surface area contributed by atoms with E-state index >= 15 is 0 Å². The zero-order valence-corrected chi connectivity index (χ0v) is 16.7. The molecule has 1 aliphatic heterocycles. The minimum Gasteiger partial charge on any atom is -0.496 e. The number of ether oxygens (including phenoxy) is 1. The van der Waals surface area contributed by atoms with Crippen LogP contribution in [0, 0.1) is 12.8 Å². The van der Waals surface area contributed by atoms with Crippen LogP contribution in [-0.4, -0.2) is 35.2 Å². The first kappa shape index (κ1) is 19.0. The average molecular weight is 380 g/mol. The Morgan fingerprint density at radius 2 is 1.86 bits per heavy atom. The van der Waals surface area contributed by atoms with Crippen LogP contribution in [0.2, 0.25) is 0 Å². The minimum absolute atomic E-state index is 0.0271. The first-order valence-corrected chi connectivity index (χ1v) is 10.3. The zero-order valence-electron chi connectivity index (χ0n) is 16.7. The number of para-hydroxylation sites is 1. The third-order valence-electron chi connectivity index (χ3n) is 6.66. The number of carbonyl (C=O) groups excluding carboxylic acids is 1. The van der Waals surface area contributed by atoms with Crippen molar-refractivity contribution in [2.24, 2.45) is 5.92 Å². The number of amides is 1. The highest BCUT2D eigenvalue weighted by Gasteiger charge is 2.50. The van der Waals surface area contributed by atoms with Gasteiger partial charge in [-0.1, -0.05) is 49.2 Å². The Kier molecular flexibility index (Phi) is 5.15. The monoisotopic (exact) mass is 379 g/mol. The van der Waals surface area contributed by atoms with E-state index in [4.69, 9.17) is 4.74 Å². The standard InChI is InChI=1S/C24H29NO3/c1-17-9-3-4-10-18(17)23(26)25-16-15-24(27)14-8-7-12-20(24)22(25)19-11-5-6-13-21(19)28-2/h3-6,9-11,13,20,22,27H,7-8,12,14-16H2,1-2H3. The number of hydrogen-bond donors (Lipinski definition) is 1. The summed E-state index contributed by atoms with van der Waals surface area (Å²) in [7, 11) is 1.67. The highest BCUT2D eigenvalue weighted by molar-refractivity contribution is 5.96. The van der Waals surface area contributed by atoms with Crippen molar-refractivity contribution in [1.29, 1.82) is 0 Å². The second-order valence-corrected chi connectivity index (χ2v) is 8.21. The molecule has 0 aromatic heterocycles. The number of methoxy groups -OCH3 is 1. The maximum absolute atomic E-state index is 13.6. The second-order valence-electron chi connectivity index (χ2n) is 8.21. The van der Waals surface area contributed by atoms with Gasteiger partial charge >= 0.3 is 0 Å². The molecule has 1 N–H and O–H groups in total. The molecule has 4 nitrogen and oxygen atoms in total. The fraction of sp³-hybridized carbons (Fsp3) is 0.458. The molecule has 4 heteroatoms. The number of piperidine rings is 1. The molecular formula is C24H29NO3. The lowest BCUT2D eigenvalue weighted by molar-refractivity contribution is -0.115. The maximum Gasteiger partial charge on any atom is 0.254 e. The summed E-state index contributed by atoms with van der Waals surface area (Å²) in [5, 5.41) is 11.4. The van der Waals surface area contributed by atoms with E-state index < -0.39 is 5.60 Å². The van der Waals surface area contributed by atoms with Crippen molar-refractivity contribution in [1.82, 2.24) is 4.90 Å². The Hall–Kier alpha value is -2.33. The van der Waals surface area contributed by atoms with Crippen molar-refractivity contribution >= 4 is 5.91 Å². The number of carbonyl (C=O) groups is 1. The first-order valence-electron chi connectivity index (χ1n) is 10.3. The van der Waals surface area contributed by atoms with Gasteiger partial charge in [0, 0.05) is 23.6 Å². The summed E-state index contributed by atoms with van der Waals surface area (Å²) in [4.78, 5) is 15.6. The van der Waals surface area contributed by atoms with Crippen molar-refractivity contribution in [2.75, 3.05) is 13.7 Å². The highest BCUT2D eigenvalue weighted by Crippen LogP contribution is 2.51. The predicted molar refractivity (Wildman–Crippen MR) is 109 cm³/mol. The SMILES string of the molecule is COc1ccccc1C1C2CCCCC2(O)CCN1C(=O)c1ccccc1C. The first-order chi connectivity index (χ1) is 13.5. The third-order valence-corrected chi connectivity index (χ3v) is 6.66. The summed E-state index contributed by atoms with van der Waals surface area (Å²) in [5.74, 6) is 0.853. The van der Waals surface area contributed by atoms with Gasteiger partial charge in [-0.25, -0.2) is 0 Å². The molecular weight excluding hydrogens is 350 g/mol. The van der Waals surface area contributed by atoms with Crippen LogP contribution in [0.3, 0.4) is 0 Å². The van der Waals surface area contributed by atoms with Gasteiger partial charge in [-0.15, -0.1) is 0 Å². The molecule has 1 heterocycles. The Labute approximate surface area is 167 Å². The quantitative estimate of drug-likeness (QED) is 0.853. The molecule has 1 saturated heterocycles. The lowest BCUT2D eigenvalue weighted by Crippen LogP contribution is -2.56. The summed E-state index contributed by atoms with van der Waals surface area (Å²) in [5.41, 5.74) is 2.02. The van der Waals surface area contributed by atoms with Crippen molar-refractivity contribution in [2.45, 2.75) is 50.7 Å². The van der Waals surface area contributed by atoms with E-state index in [1.165, 1.54) is 0 Å². The number of hydrogen-bond acceptors (Lipinski definition) is 3. The van der Waals surface area contributed by atoms with Gasteiger partial charge in [0.05, 0.1) is 18.8 Å². The topological polar surface area (TPSA) is 49.8 Å². The molecule has 3 atom stereocenters. The van der Waals surface area contributed by atoms with Gasteiger partial charge in [-0.2, -0.15) is 0 Å². The molecule has 2 fully saturated rings. The molecule has 1 amide bonds. The average Bonchev–Trinajstić information content (AvgIpc) is 2.72. The van der Waals surface area contributed by atoms with E-state index in [1.807, 2.05) is 60.4 Å². The number of fused-ring (bicyclic) bond motifs is 1. The van der Waals surface area contributed by atoms with Crippen LogP contribution < -0.4 is 4.74 Å². The fourth-order valence-electron chi connectivity index (χ4n) is 5.17. The second kappa shape index (κ2) is 7.59. The minimum atomic E-state index is -0.702. The predicted octanol–water partition coefficient (Wildman–Crippen LogP) is 4.51. The summed E-state index contributed by atoms with van der Waals surface area (Å²) in [6.07, 6.45) is 4.52. The molecule has 4 rings (SSSR count). The molecule has 2 aromatic rings.